The summed E-state index contributed by atoms with van der Waals surface area (Å²) in [5.74, 6) is 0.0961. The molecule has 0 amide bonds. The minimum atomic E-state index is -0.186. The molecule has 0 bridgehead atoms. The molecule has 3 nitrogen and oxygen atoms in total. The Hall–Kier alpha value is 0.493. The van der Waals surface area contributed by atoms with Crippen LogP contribution in [0.5, 0.6) is 0 Å². The molecule has 1 rings (SSSR count). The van der Waals surface area contributed by atoms with Gasteiger partial charge in [0, 0.05) is 19.3 Å². The van der Waals surface area contributed by atoms with Crippen LogP contribution >= 0.6 is 19.8 Å². The van der Waals surface area contributed by atoms with Crippen LogP contribution in [0.3, 0.4) is 0 Å². The summed E-state index contributed by atoms with van der Waals surface area (Å²) < 4.78 is 5.15. The molecular formula is C10H15IO3Zn. The molecular weight excluding hydrogens is 360 g/mol. The Balaban J connectivity index is 0.000000921. The van der Waals surface area contributed by atoms with Crippen LogP contribution in [-0.2, 0) is 29.1 Å². The molecule has 0 aromatic carbocycles. The van der Waals surface area contributed by atoms with Crippen LogP contribution < -0.4 is 0 Å². The van der Waals surface area contributed by atoms with Crippen LogP contribution in [0.15, 0.2) is 0 Å². The van der Waals surface area contributed by atoms with Crippen molar-refractivity contribution < 1.29 is 29.1 Å². The maximum absolute atomic E-state index is 11.0. The molecule has 5 heteroatoms. The minimum absolute atomic E-state index is 0.0308. The summed E-state index contributed by atoms with van der Waals surface area (Å²) in [6.07, 6.45) is 3.43. The Labute approximate surface area is 112 Å². The van der Waals surface area contributed by atoms with Crippen molar-refractivity contribution in [2.75, 3.05) is 0 Å². The van der Waals surface area contributed by atoms with Gasteiger partial charge < -0.3 is 11.7 Å². The molecule has 0 aromatic rings. The number of halogens is 1. The van der Waals surface area contributed by atoms with Gasteiger partial charge in [-0.25, -0.2) is 0 Å². The first-order valence-electron chi connectivity index (χ1n) is 4.99. The number of Topliss-reactive ketones (excluding diaryl/α,β-unsaturated/α-hetero) is 1. The number of esters is 1. The summed E-state index contributed by atoms with van der Waals surface area (Å²) in [7, 11) is 0. The van der Waals surface area contributed by atoms with Gasteiger partial charge in [0.25, 0.3) is 0 Å². The predicted octanol–water partition coefficient (Wildman–Crippen LogP) is 2.54. The van der Waals surface area contributed by atoms with Crippen molar-refractivity contribution in [3.05, 3.63) is 6.92 Å². The number of ketones is 1. The fourth-order valence-corrected chi connectivity index (χ4v) is 1.42. The number of carbonyl (C=O) groups is 2. The zero-order valence-electron chi connectivity index (χ0n) is 8.84. The maximum atomic E-state index is 11.0. The molecule has 82 valence electrons. The number of ether oxygens (including phenoxy) is 1. The van der Waals surface area contributed by atoms with E-state index in [0.29, 0.717) is 38.5 Å². The van der Waals surface area contributed by atoms with Gasteiger partial charge in [0.15, 0.2) is 0 Å². The summed E-state index contributed by atoms with van der Waals surface area (Å²) in [4.78, 5) is 21.9. The number of hydrogen-bond donors (Lipinski definition) is 0. The second kappa shape index (κ2) is 9.70. The van der Waals surface area contributed by atoms with E-state index in [1.807, 2.05) is 0 Å². The van der Waals surface area contributed by atoms with Gasteiger partial charge in [-0.2, -0.15) is 6.42 Å². The zero-order valence-corrected chi connectivity index (χ0v) is 14.0. The fourth-order valence-electron chi connectivity index (χ4n) is 1.42. The van der Waals surface area contributed by atoms with Gasteiger partial charge in [0.1, 0.15) is 11.9 Å². The van der Waals surface area contributed by atoms with Crippen LogP contribution in [-0.4, -0.2) is 17.9 Å². The zero-order chi connectivity index (χ0) is 11.7. The molecule has 0 spiro atoms. The van der Waals surface area contributed by atoms with Crippen molar-refractivity contribution in [3.63, 3.8) is 0 Å². The van der Waals surface area contributed by atoms with Crippen molar-refractivity contribution in [2.45, 2.75) is 44.6 Å². The first-order chi connectivity index (χ1) is 7.22. The number of carbonyl (C=O) groups excluding carboxylic acids is 2. The molecule has 0 radical (unpaired) electrons. The van der Waals surface area contributed by atoms with Crippen molar-refractivity contribution in [3.8, 4) is 0 Å². The monoisotopic (exact) mass is 374 g/mol. The second-order valence-electron chi connectivity index (χ2n) is 3.33. The van der Waals surface area contributed by atoms with E-state index in [4.69, 9.17) is 4.74 Å². The fraction of sp³-hybridized carbons (Fsp3) is 0.700. The molecule has 1 aliphatic carbocycles. The van der Waals surface area contributed by atoms with Crippen LogP contribution in [0.4, 0.5) is 0 Å². The van der Waals surface area contributed by atoms with E-state index >= 15 is 0 Å². The Morgan fingerprint density at radius 2 is 2.00 bits per heavy atom. The molecule has 0 N–H and O–H groups in total. The topological polar surface area (TPSA) is 43.4 Å². The van der Waals surface area contributed by atoms with Crippen molar-refractivity contribution in [1.29, 1.82) is 0 Å². The quantitative estimate of drug-likeness (QED) is 0.330. The third-order valence-corrected chi connectivity index (χ3v) is 2.17. The van der Waals surface area contributed by atoms with Crippen molar-refractivity contribution in [1.82, 2.24) is 0 Å². The van der Waals surface area contributed by atoms with Gasteiger partial charge in [0.05, 0.1) is 0 Å². The van der Waals surface area contributed by atoms with Gasteiger partial charge >= 0.3 is 40.5 Å². The van der Waals surface area contributed by atoms with Gasteiger partial charge in [-0.1, -0.05) is 0 Å². The Morgan fingerprint density at radius 3 is 2.47 bits per heavy atom. The Kier molecular flexibility index (Phi) is 10.0. The second-order valence-corrected chi connectivity index (χ2v) is 3.33. The van der Waals surface area contributed by atoms with Crippen molar-refractivity contribution in [2.24, 2.45) is 0 Å². The van der Waals surface area contributed by atoms with Gasteiger partial charge in [-0.15, -0.1) is 0 Å². The summed E-state index contributed by atoms with van der Waals surface area (Å²) in [5, 5.41) is 0. The molecule has 0 saturated heterocycles. The summed E-state index contributed by atoms with van der Waals surface area (Å²) in [5.41, 5.74) is 0. The van der Waals surface area contributed by atoms with E-state index in [-0.39, 0.29) is 17.9 Å². The molecule has 1 fully saturated rings. The molecule has 0 atom stereocenters. The van der Waals surface area contributed by atoms with E-state index in [0.717, 1.165) is 0 Å². The molecule has 1 aliphatic rings. The first kappa shape index (κ1) is 15.5. The molecule has 0 unspecified atom stereocenters. The molecule has 0 heterocycles. The van der Waals surface area contributed by atoms with E-state index < -0.39 is 0 Å². The predicted molar refractivity (Wildman–Crippen MR) is 62.0 cm³/mol. The number of rotatable bonds is 3. The summed E-state index contributed by atoms with van der Waals surface area (Å²) >= 11 is 3.62. The molecule has 0 aromatic heterocycles. The van der Waals surface area contributed by atoms with Crippen LogP contribution in [0.1, 0.15) is 38.5 Å². The molecule has 15 heavy (non-hydrogen) atoms. The van der Waals surface area contributed by atoms with Crippen LogP contribution in [0, 0.1) is 6.92 Å². The Bertz CT molecular complexity index is 199. The number of hydrogen-bond acceptors (Lipinski definition) is 3. The van der Waals surface area contributed by atoms with Crippen LogP contribution in [0.25, 0.3) is 0 Å². The van der Waals surface area contributed by atoms with E-state index in [9.17, 15) is 9.59 Å². The van der Waals surface area contributed by atoms with Gasteiger partial charge in [0.2, 0.25) is 0 Å². The van der Waals surface area contributed by atoms with Crippen molar-refractivity contribution >= 4 is 31.5 Å². The Morgan fingerprint density at radius 1 is 1.47 bits per heavy atom. The summed E-state index contributed by atoms with van der Waals surface area (Å²) in [6.45, 7) is 3.58. The standard InChI is InChI=1S/C10H15O3.HI.Zn/c1-2-3-10(12)13-9-6-4-8(11)5-7-9;;/h9H,1-7H2;1H;/q-1;;+2/p-1. The van der Waals surface area contributed by atoms with Gasteiger partial charge in [-0.3, -0.25) is 9.59 Å². The first-order valence-corrected chi connectivity index (χ1v) is 14.0. The average molecular weight is 376 g/mol. The third-order valence-electron chi connectivity index (χ3n) is 2.17. The van der Waals surface area contributed by atoms with E-state index in [2.05, 4.69) is 26.7 Å². The normalized spacial score (nSPS) is 16.7. The summed E-state index contributed by atoms with van der Waals surface area (Å²) in [6, 6.07) is 0. The van der Waals surface area contributed by atoms with E-state index in [1.54, 1.807) is 0 Å². The molecule has 1 saturated carbocycles. The third kappa shape index (κ3) is 7.39. The average Bonchev–Trinajstić information content (AvgIpc) is 2.25. The van der Waals surface area contributed by atoms with Gasteiger partial charge in [-0.05, 0) is 12.8 Å². The molecule has 0 aliphatic heterocycles. The van der Waals surface area contributed by atoms with Crippen LogP contribution in [0.2, 0.25) is 0 Å². The SMILES string of the molecule is [CH2-]CCC(=O)OC1CCC(=O)CC1.[Zn+][I]. The van der Waals surface area contributed by atoms with E-state index in [1.165, 1.54) is 14.8 Å².